The highest BCUT2D eigenvalue weighted by atomic mass is 16.5. The van der Waals surface area contributed by atoms with Crippen LogP contribution in [-0.2, 0) is 9.53 Å². The normalized spacial score (nSPS) is 12.9. The minimum atomic E-state index is -0.687. The largest absolute Gasteiger partial charge is 0.492 e. The summed E-state index contributed by atoms with van der Waals surface area (Å²) in [6.45, 7) is 7.73. The maximum atomic E-state index is 11.6. The van der Waals surface area contributed by atoms with Gasteiger partial charge in [-0.15, -0.1) is 0 Å². The van der Waals surface area contributed by atoms with E-state index in [1.54, 1.807) is 13.8 Å². The van der Waals surface area contributed by atoms with Crippen molar-refractivity contribution in [3.05, 3.63) is 29.3 Å². The van der Waals surface area contributed by atoms with Gasteiger partial charge in [-0.1, -0.05) is 12.1 Å². The first-order valence-electron chi connectivity index (χ1n) is 6.35. The van der Waals surface area contributed by atoms with E-state index in [1.165, 1.54) is 7.11 Å². The van der Waals surface area contributed by atoms with Gasteiger partial charge in [0.05, 0.1) is 12.5 Å². The molecule has 0 saturated carbocycles. The summed E-state index contributed by atoms with van der Waals surface area (Å²) < 4.78 is 10.5. The second kappa shape index (κ2) is 6.06. The zero-order valence-corrected chi connectivity index (χ0v) is 12.3. The number of rotatable bonds is 5. The molecule has 0 bridgehead atoms. The van der Waals surface area contributed by atoms with Crippen LogP contribution in [0.2, 0.25) is 0 Å². The fraction of sp³-hybridized carbons (Fsp3) is 0.533. The van der Waals surface area contributed by atoms with Crippen LogP contribution in [0.5, 0.6) is 5.75 Å². The van der Waals surface area contributed by atoms with E-state index in [0.717, 1.165) is 16.9 Å². The third-order valence-electron chi connectivity index (χ3n) is 2.99. The van der Waals surface area contributed by atoms with E-state index < -0.39 is 5.41 Å². The van der Waals surface area contributed by atoms with Gasteiger partial charge >= 0.3 is 5.97 Å². The Morgan fingerprint density at radius 3 is 2.58 bits per heavy atom. The van der Waals surface area contributed by atoms with Crippen LogP contribution in [-0.4, -0.2) is 19.7 Å². The van der Waals surface area contributed by atoms with Crippen molar-refractivity contribution in [3.63, 3.8) is 0 Å². The fourth-order valence-electron chi connectivity index (χ4n) is 1.74. The number of methoxy groups -OCH3 is 1. The molecule has 0 unspecified atom stereocenters. The average Bonchev–Trinajstić information content (AvgIpc) is 2.35. The Hall–Kier alpha value is -1.55. The Balaban J connectivity index is 2.88. The maximum Gasteiger partial charge on any atom is 0.314 e. The predicted octanol–water partition coefficient (Wildman–Crippen LogP) is 2.59. The maximum absolute atomic E-state index is 11.6. The van der Waals surface area contributed by atoms with Crippen molar-refractivity contribution < 1.29 is 14.3 Å². The Kier molecular flexibility index (Phi) is 4.95. The first-order chi connectivity index (χ1) is 8.77. The molecule has 2 N–H and O–H groups in total. The van der Waals surface area contributed by atoms with Crippen molar-refractivity contribution in [2.75, 3.05) is 13.7 Å². The highest BCUT2D eigenvalue weighted by Crippen LogP contribution is 2.27. The topological polar surface area (TPSA) is 61.5 Å². The van der Waals surface area contributed by atoms with Crippen molar-refractivity contribution in [3.8, 4) is 5.75 Å². The average molecular weight is 265 g/mol. The highest BCUT2D eigenvalue weighted by Gasteiger charge is 2.30. The molecular weight excluding hydrogens is 242 g/mol. The van der Waals surface area contributed by atoms with Gasteiger partial charge in [0.15, 0.2) is 0 Å². The van der Waals surface area contributed by atoms with Crippen LogP contribution in [0.3, 0.4) is 0 Å². The lowest BCUT2D eigenvalue weighted by atomic mass is 9.95. The molecule has 1 aromatic carbocycles. The second-order valence-electron chi connectivity index (χ2n) is 5.49. The van der Waals surface area contributed by atoms with Crippen molar-refractivity contribution in [1.29, 1.82) is 0 Å². The van der Waals surface area contributed by atoms with Crippen molar-refractivity contribution >= 4 is 5.97 Å². The number of nitrogens with two attached hydrogens (primary N) is 1. The Morgan fingerprint density at radius 1 is 1.42 bits per heavy atom. The lowest BCUT2D eigenvalue weighted by Gasteiger charge is -2.23. The lowest BCUT2D eigenvalue weighted by molar-refractivity contribution is -0.152. The van der Waals surface area contributed by atoms with E-state index in [4.69, 9.17) is 15.2 Å². The highest BCUT2D eigenvalue weighted by molar-refractivity contribution is 5.75. The molecule has 0 fully saturated rings. The van der Waals surface area contributed by atoms with Gasteiger partial charge in [0.2, 0.25) is 0 Å². The molecule has 0 heterocycles. The van der Waals surface area contributed by atoms with Crippen LogP contribution in [0, 0.1) is 12.3 Å². The molecule has 0 aromatic heterocycles. The molecule has 0 radical (unpaired) electrons. The van der Waals surface area contributed by atoms with Gasteiger partial charge in [-0.25, -0.2) is 0 Å². The SMILES string of the molecule is COC(=O)C(C)(C)COc1cc(C)ccc1[C@H](C)N. The van der Waals surface area contributed by atoms with E-state index in [2.05, 4.69) is 0 Å². The van der Waals surface area contributed by atoms with Gasteiger partial charge in [-0.3, -0.25) is 4.79 Å². The molecule has 0 saturated heterocycles. The number of hydrogen-bond donors (Lipinski definition) is 1. The standard InChI is InChI=1S/C15H23NO3/c1-10-6-7-12(11(2)16)13(8-10)19-9-15(3,4)14(17)18-5/h6-8,11H,9,16H2,1-5H3/t11-/m0/s1. The minimum absolute atomic E-state index is 0.114. The zero-order valence-electron chi connectivity index (χ0n) is 12.3. The summed E-state index contributed by atoms with van der Waals surface area (Å²) in [7, 11) is 1.38. The van der Waals surface area contributed by atoms with Crippen molar-refractivity contribution in [2.45, 2.75) is 33.7 Å². The van der Waals surface area contributed by atoms with Gasteiger partial charge in [0, 0.05) is 11.6 Å². The summed E-state index contributed by atoms with van der Waals surface area (Å²) in [5.74, 6) is 0.439. The smallest absolute Gasteiger partial charge is 0.314 e. The van der Waals surface area contributed by atoms with Crippen LogP contribution in [0.25, 0.3) is 0 Å². The minimum Gasteiger partial charge on any atom is -0.492 e. The lowest BCUT2D eigenvalue weighted by Crippen LogP contribution is -2.32. The summed E-state index contributed by atoms with van der Waals surface area (Å²) in [4.78, 5) is 11.6. The monoisotopic (exact) mass is 265 g/mol. The fourth-order valence-corrected chi connectivity index (χ4v) is 1.74. The number of carbonyl (C=O) groups excluding carboxylic acids is 1. The number of hydrogen-bond acceptors (Lipinski definition) is 4. The molecule has 0 aliphatic carbocycles. The van der Waals surface area contributed by atoms with Crippen LogP contribution in [0.4, 0.5) is 0 Å². The van der Waals surface area contributed by atoms with Crippen molar-refractivity contribution in [2.24, 2.45) is 11.1 Å². The molecule has 1 rings (SSSR count). The first kappa shape index (κ1) is 15.5. The number of aryl methyl sites for hydroxylation is 1. The van der Waals surface area contributed by atoms with E-state index in [9.17, 15) is 4.79 Å². The second-order valence-corrected chi connectivity index (χ2v) is 5.49. The molecule has 19 heavy (non-hydrogen) atoms. The van der Waals surface area contributed by atoms with Crippen LogP contribution in [0.1, 0.15) is 37.9 Å². The van der Waals surface area contributed by atoms with Gasteiger partial charge < -0.3 is 15.2 Å². The number of carbonyl (C=O) groups is 1. The number of esters is 1. The van der Waals surface area contributed by atoms with E-state index in [-0.39, 0.29) is 18.6 Å². The van der Waals surface area contributed by atoms with Gasteiger partial charge in [-0.05, 0) is 39.3 Å². The molecule has 106 valence electrons. The van der Waals surface area contributed by atoms with Crippen LogP contribution >= 0.6 is 0 Å². The Morgan fingerprint density at radius 2 is 2.05 bits per heavy atom. The van der Waals surface area contributed by atoms with Crippen LogP contribution < -0.4 is 10.5 Å². The van der Waals surface area contributed by atoms with Gasteiger partial charge in [-0.2, -0.15) is 0 Å². The molecular formula is C15H23NO3. The molecule has 0 spiro atoms. The third-order valence-corrected chi connectivity index (χ3v) is 2.99. The molecule has 0 amide bonds. The summed E-state index contributed by atoms with van der Waals surface area (Å²) in [5, 5.41) is 0. The molecule has 1 atom stereocenters. The summed E-state index contributed by atoms with van der Waals surface area (Å²) in [6, 6.07) is 5.78. The van der Waals surface area contributed by atoms with Crippen LogP contribution in [0.15, 0.2) is 18.2 Å². The summed E-state index contributed by atoms with van der Waals surface area (Å²) in [6.07, 6.45) is 0. The summed E-state index contributed by atoms with van der Waals surface area (Å²) in [5.41, 5.74) is 7.26. The molecule has 0 aliphatic rings. The summed E-state index contributed by atoms with van der Waals surface area (Å²) >= 11 is 0. The van der Waals surface area contributed by atoms with E-state index in [0.29, 0.717) is 0 Å². The van der Waals surface area contributed by atoms with Gasteiger partial charge in [0.25, 0.3) is 0 Å². The third kappa shape index (κ3) is 3.96. The van der Waals surface area contributed by atoms with E-state index >= 15 is 0 Å². The van der Waals surface area contributed by atoms with Crippen molar-refractivity contribution in [1.82, 2.24) is 0 Å². The number of benzene rings is 1. The van der Waals surface area contributed by atoms with Gasteiger partial charge in [0.1, 0.15) is 12.4 Å². The zero-order chi connectivity index (χ0) is 14.6. The molecule has 4 nitrogen and oxygen atoms in total. The quantitative estimate of drug-likeness (QED) is 0.831. The molecule has 1 aromatic rings. The Labute approximate surface area is 114 Å². The Bertz CT molecular complexity index is 453. The first-order valence-corrected chi connectivity index (χ1v) is 6.35. The molecule has 0 aliphatic heterocycles. The number of ether oxygens (including phenoxy) is 2. The predicted molar refractivity (Wildman–Crippen MR) is 75.1 cm³/mol. The van der Waals surface area contributed by atoms with E-state index in [1.807, 2.05) is 32.0 Å². The molecule has 4 heteroatoms.